The van der Waals surface area contributed by atoms with Crippen molar-refractivity contribution in [2.45, 2.75) is 32.2 Å². The van der Waals surface area contributed by atoms with E-state index in [0.29, 0.717) is 12.6 Å². The van der Waals surface area contributed by atoms with Gasteiger partial charge in [0.05, 0.1) is 6.54 Å². The van der Waals surface area contributed by atoms with Crippen LogP contribution in [0.15, 0.2) is 24.3 Å². The predicted octanol–water partition coefficient (Wildman–Crippen LogP) is 1.85. The van der Waals surface area contributed by atoms with Gasteiger partial charge in [-0.2, -0.15) is 0 Å². The molecule has 1 aromatic carbocycles. The summed E-state index contributed by atoms with van der Waals surface area (Å²) in [6.45, 7) is 4.53. The van der Waals surface area contributed by atoms with Crippen LogP contribution in [-0.4, -0.2) is 36.4 Å². The topological polar surface area (TPSA) is 46.3 Å². The van der Waals surface area contributed by atoms with Gasteiger partial charge in [0.2, 0.25) is 0 Å². The first-order valence-corrected chi connectivity index (χ1v) is 6.79. The molecule has 0 amide bonds. The number of piperidine rings is 1. The van der Waals surface area contributed by atoms with Crippen molar-refractivity contribution in [2.75, 3.05) is 19.6 Å². The van der Waals surface area contributed by atoms with Crippen LogP contribution < -0.4 is 5.73 Å². The minimum atomic E-state index is 0.216. The highest BCUT2D eigenvalue weighted by Crippen LogP contribution is 2.11. The third kappa shape index (κ3) is 3.40. The van der Waals surface area contributed by atoms with Crippen LogP contribution in [0.25, 0.3) is 0 Å². The van der Waals surface area contributed by atoms with Gasteiger partial charge in [0.15, 0.2) is 5.78 Å². The number of aryl methyl sites for hydroxylation is 1. The first-order chi connectivity index (χ1) is 8.69. The molecule has 1 aliphatic rings. The number of rotatable bonds is 4. The van der Waals surface area contributed by atoms with Crippen LogP contribution in [0.2, 0.25) is 0 Å². The van der Waals surface area contributed by atoms with Crippen LogP contribution in [0, 0.1) is 0 Å². The molecule has 3 heteroatoms. The van der Waals surface area contributed by atoms with Gasteiger partial charge in [0.1, 0.15) is 0 Å². The van der Waals surface area contributed by atoms with Crippen LogP contribution in [0.3, 0.4) is 0 Å². The van der Waals surface area contributed by atoms with Crippen molar-refractivity contribution in [2.24, 2.45) is 5.73 Å². The smallest absolute Gasteiger partial charge is 0.176 e. The highest BCUT2D eigenvalue weighted by Gasteiger charge is 2.18. The molecule has 1 aliphatic heterocycles. The van der Waals surface area contributed by atoms with Gasteiger partial charge in [-0.25, -0.2) is 0 Å². The Labute approximate surface area is 109 Å². The maximum Gasteiger partial charge on any atom is 0.176 e. The molecule has 0 radical (unpaired) electrons. The molecule has 0 aromatic heterocycles. The van der Waals surface area contributed by atoms with E-state index in [4.69, 9.17) is 5.73 Å². The molecule has 1 saturated heterocycles. The summed E-state index contributed by atoms with van der Waals surface area (Å²) < 4.78 is 0. The Balaban J connectivity index is 1.90. The van der Waals surface area contributed by atoms with Crippen LogP contribution in [-0.2, 0) is 6.42 Å². The van der Waals surface area contributed by atoms with Gasteiger partial charge in [-0.1, -0.05) is 31.2 Å². The molecule has 0 saturated carbocycles. The highest BCUT2D eigenvalue weighted by molar-refractivity contribution is 5.97. The Kier molecular flexibility index (Phi) is 4.50. The van der Waals surface area contributed by atoms with Crippen molar-refractivity contribution in [1.82, 2.24) is 4.90 Å². The van der Waals surface area contributed by atoms with Crippen LogP contribution in [0.5, 0.6) is 0 Å². The average molecular weight is 246 g/mol. The van der Waals surface area contributed by atoms with E-state index in [9.17, 15) is 4.79 Å². The molecule has 2 rings (SSSR count). The third-order valence-electron chi connectivity index (χ3n) is 3.68. The van der Waals surface area contributed by atoms with Crippen LogP contribution in [0.1, 0.15) is 35.7 Å². The molecule has 1 fully saturated rings. The number of nitrogens with zero attached hydrogens (tertiary/aromatic N) is 1. The normalized spacial score (nSPS) is 17.9. The molecule has 1 aromatic rings. The van der Waals surface area contributed by atoms with E-state index in [1.165, 1.54) is 5.56 Å². The summed E-state index contributed by atoms with van der Waals surface area (Å²) in [6, 6.07) is 8.28. The van der Waals surface area contributed by atoms with E-state index in [1.54, 1.807) is 0 Å². The first-order valence-electron chi connectivity index (χ1n) is 6.79. The Bertz CT molecular complexity index is 391. The SMILES string of the molecule is CCc1ccc(C(=O)CN2CCC(N)CC2)cc1. The lowest BCUT2D eigenvalue weighted by atomic mass is 10.0. The van der Waals surface area contributed by atoms with E-state index in [0.717, 1.165) is 37.9 Å². The van der Waals surface area contributed by atoms with Crippen molar-refractivity contribution in [3.63, 3.8) is 0 Å². The van der Waals surface area contributed by atoms with Crippen molar-refractivity contribution in [1.29, 1.82) is 0 Å². The van der Waals surface area contributed by atoms with E-state index in [1.807, 2.05) is 24.3 Å². The van der Waals surface area contributed by atoms with Gasteiger partial charge in [0, 0.05) is 24.7 Å². The molecule has 0 aliphatic carbocycles. The second-order valence-corrected chi connectivity index (χ2v) is 5.09. The molecule has 3 nitrogen and oxygen atoms in total. The lowest BCUT2D eigenvalue weighted by molar-refractivity contribution is 0.0910. The van der Waals surface area contributed by atoms with E-state index in [-0.39, 0.29) is 5.78 Å². The van der Waals surface area contributed by atoms with E-state index < -0.39 is 0 Å². The number of benzene rings is 1. The zero-order chi connectivity index (χ0) is 13.0. The molecular weight excluding hydrogens is 224 g/mol. The van der Waals surface area contributed by atoms with Gasteiger partial charge in [0.25, 0.3) is 0 Å². The number of hydrogen-bond donors (Lipinski definition) is 1. The maximum atomic E-state index is 12.1. The number of Topliss-reactive ketones (excluding diaryl/α,β-unsaturated/α-hetero) is 1. The standard InChI is InChI=1S/C15H22N2O/c1-2-12-3-5-13(6-4-12)15(18)11-17-9-7-14(16)8-10-17/h3-6,14H,2,7-11,16H2,1H3. The third-order valence-corrected chi connectivity index (χ3v) is 3.68. The molecule has 0 bridgehead atoms. The van der Waals surface area contributed by atoms with Gasteiger partial charge < -0.3 is 5.73 Å². The van der Waals surface area contributed by atoms with E-state index in [2.05, 4.69) is 11.8 Å². The fourth-order valence-electron chi connectivity index (χ4n) is 2.33. The van der Waals surface area contributed by atoms with Crippen LogP contribution >= 0.6 is 0 Å². The second-order valence-electron chi connectivity index (χ2n) is 5.09. The number of carbonyl (C=O) groups is 1. The number of likely N-dealkylation sites (tertiary alicyclic amines) is 1. The molecular formula is C15H22N2O. The zero-order valence-electron chi connectivity index (χ0n) is 11.1. The lowest BCUT2D eigenvalue weighted by Gasteiger charge is -2.29. The lowest BCUT2D eigenvalue weighted by Crippen LogP contribution is -2.41. The average Bonchev–Trinajstić information content (AvgIpc) is 2.41. The fourth-order valence-corrected chi connectivity index (χ4v) is 2.33. The summed E-state index contributed by atoms with van der Waals surface area (Å²) in [6.07, 6.45) is 3.02. The van der Waals surface area contributed by atoms with Gasteiger partial charge in [-0.3, -0.25) is 9.69 Å². The fraction of sp³-hybridized carbons (Fsp3) is 0.533. The van der Waals surface area contributed by atoms with Crippen molar-refractivity contribution < 1.29 is 4.79 Å². The Morgan fingerprint density at radius 2 is 1.89 bits per heavy atom. The molecule has 98 valence electrons. The van der Waals surface area contributed by atoms with Crippen molar-refractivity contribution in [3.8, 4) is 0 Å². The van der Waals surface area contributed by atoms with E-state index >= 15 is 0 Å². The summed E-state index contributed by atoms with van der Waals surface area (Å²) in [5.41, 5.74) is 7.95. The summed E-state index contributed by atoms with van der Waals surface area (Å²) in [5.74, 6) is 0.216. The molecule has 1 heterocycles. The highest BCUT2D eigenvalue weighted by atomic mass is 16.1. The quantitative estimate of drug-likeness (QED) is 0.825. The monoisotopic (exact) mass is 246 g/mol. The van der Waals surface area contributed by atoms with Gasteiger partial charge in [-0.05, 0) is 24.8 Å². The maximum absolute atomic E-state index is 12.1. The zero-order valence-corrected chi connectivity index (χ0v) is 11.1. The molecule has 2 N–H and O–H groups in total. The summed E-state index contributed by atoms with van der Waals surface area (Å²) >= 11 is 0. The van der Waals surface area contributed by atoms with Crippen molar-refractivity contribution >= 4 is 5.78 Å². The molecule has 0 atom stereocenters. The Morgan fingerprint density at radius 1 is 1.28 bits per heavy atom. The summed E-state index contributed by atoms with van der Waals surface area (Å²) in [4.78, 5) is 14.3. The van der Waals surface area contributed by atoms with Crippen molar-refractivity contribution in [3.05, 3.63) is 35.4 Å². The number of nitrogens with two attached hydrogens (primary N) is 1. The second kappa shape index (κ2) is 6.12. The van der Waals surface area contributed by atoms with Crippen LogP contribution in [0.4, 0.5) is 0 Å². The Hall–Kier alpha value is -1.19. The Morgan fingerprint density at radius 3 is 2.44 bits per heavy atom. The number of ketones is 1. The largest absolute Gasteiger partial charge is 0.328 e. The number of hydrogen-bond acceptors (Lipinski definition) is 3. The predicted molar refractivity (Wildman–Crippen MR) is 73.8 cm³/mol. The first kappa shape index (κ1) is 13.2. The molecule has 0 unspecified atom stereocenters. The summed E-state index contributed by atoms with van der Waals surface area (Å²) in [7, 11) is 0. The minimum absolute atomic E-state index is 0.216. The minimum Gasteiger partial charge on any atom is -0.328 e. The summed E-state index contributed by atoms with van der Waals surface area (Å²) in [5, 5.41) is 0. The van der Waals surface area contributed by atoms with Gasteiger partial charge >= 0.3 is 0 Å². The van der Waals surface area contributed by atoms with Gasteiger partial charge in [-0.15, -0.1) is 0 Å². The molecule has 18 heavy (non-hydrogen) atoms. The number of carbonyl (C=O) groups excluding carboxylic acids is 1. The molecule has 0 spiro atoms.